The molecule has 8 nitrogen and oxygen atoms in total. The fraction of sp³-hybridized carbons (Fsp3) is 0. The molecule has 0 atom stereocenters. The van der Waals surface area contributed by atoms with Crippen molar-refractivity contribution in [3.8, 4) is 0 Å². The Balaban J connectivity index is -0.00000000750. The summed E-state index contributed by atoms with van der Waals surface area (Å²) in [6.45, 7) is 0. The van der Waals surface area contributed by atoms with E-state index in [0.717, 1.165) is 0 Å². The molecule has 0 aromatic heterocycles. The molecule has 0 aromatic carbocycles. The second-order valence-electron chi connectivity index (χ2n) is 0.238. The van der Waals surface area contributed by atoms with Crippen molar-refractivity contribution in [2.75, 3.05) is 0 Å². The highest BCUT2D eigenvalue weighted by Crippen LogP contribution is 1.38. The fourth-order valence-corrected chi connectivity index (χ4v) is 0. The van der Waals surface area contributed by atoms with E-state index >= 15 is 0 Å². The van der Waals surface area contributed by atoms with Gasteiger partial charge in [-0.25, -0.2) is 0 Å². The van der Waals surface area contributed by atoms with Crippen LogP contribution in [-0.4, -0.2) is 10.3 Å². The van der Waals surface area contributed by atoms with Gasteiger partial charge in [-0.1, -0.05) is 0 Å². The van der Waals surface area contributed by atoms with Gasteiger partial charge in [-0.05, 0) is 0 Å². The Labute approximate surface area is 46.3 Å². The molecule has 0 aliphatic carbocycles. The van der Waals surface area contributed by atoms with Crippen LogP contribution >= 0.6 is 0 Å². The first kappa shape index (κ1) is 61.7. The van der Waals surface area contributed by atoms with Crippen molar-refractivity contribution in [3.05, 3.63) is 10.1 Å². The average Bonchev–Trinajstić information content (AvgIpc) is 0.811. The van der Waals surface area contributed by atoms with E-state index in [1.807, 2.05) is 0 Å². The zero-order chi connectivity index (χ0) is 3.58. The summed E-state index contributed by atoms with van der Waals surface area (Å²) < 4.78 is 0. The van der Waals surface area contributed by atoms with E-state index in [0.29, 0.717) is 0 Å². The Morgan fingerprint density at radius 1 is 1.12 bits per heavy atom. The summed E-state index contributed by atoms with van der Waals surface area (Å²) in [7, 11) is 0. The van der Waals surface area contributed by atoms with Gasteiger partial charge in [0.25, 0.3) is 5.09 Å². The summed E-state index contributed by atoms with van der Waals surface area (Å²) in [5.41, 5.74) is 0. The number of hydrogen-bond donors (Lipinski definition) is 5. The van der Waals surface area contributed by atoms with Gasteiger partial charge in [-0.15, -0.1) is 10.1 Å². The van der Waals surface area contributed by atoms with Gasteiger partial charge in [0.2, 0.25) is 0 Å². The third kappa shape index (κ3) is 89.3. The monoisotopic (exact) mass is 131 g/mol. The first-order valence-electron chi connectivity index (χ1n) is 0.565. The minimum atomic E-state index is -1.50. The maximum Gasteiger partial charge on any atom is 0.291 e. The van der Waals surface area contributed by atoms with Gasteiger partial charge in [-0.3, -0.25) is 0 Å². The Morgan fingerprint density at radius 2 is 1.12 bits per heavy atom. The van der Waals surface area contributed by atoms with Gasteiger partial charge >= 0.3 is 0 Å². The van der Waals surface area contributed by atoms with Crippen molar-refractivity contribution < 1.29 is 10.3 Å². The van der Waals surface area contributed by atoms with E-state index in [4.69, 9.17) is 15.3 Å². The summed E-state index contributed by atoms with van der Waals surface area (Å²) in [4.78, 5) is 8.36. The molecule has 0 bridgehead atoms. The molecule has 0 rings (SSSR count). The van der Waals surface area contributed by atoms with Gasteiger partial charge in [0.15, 0.2) is 0 Å². The Morgan fingerprint density at radius 3 is 1.12 bits per heavy atom. The van der Waals surface area contributed by atoms with Gasteiger partial charge in [-0.2, -0.15) is 0 Å². The van der Waals surface area contributed by atoms with Crippen molar-refractivity contribution in [3.63, 3.8) is 0 Å². The highest BCUT2D eigenvalue weighted by atomic mass is 16.9. The fourth-order valence-electron chi connectivity index (χ4n) is 0. The molecule has 0 saturated heterocycles. The first-order chi connectivity index (χ1) is 1.73. The Bertz CT molecular complexity index is 30.7. The number of nitrogens with zero attached hydrogens (tertiary/aromatic N) is 1. The molecule has 0 amide bonds. The van der Waals surface area contributed by atoms with Gasteiger partial charge in [0.05, 0.1) is 0 Å². The number of rotatable bonds is 0. The lowest BCUT2D eigenvalue weighted by Gasteiger charge is -1.56. The largest absolute Gasteiger partial charge is 0.344 e. The zero-order valence-electron chi connectivity index (χ0n) is 4.54. The quantitative estimate of drug-likeness (QED) is 0.229. The minimum absolute atomic E-state index is 0. The van der Waals surface area contributed by atoms with Crippen LogP contribution in [0, 0.1) is 10.1 Å². The van der Waals surface area contributed by atoms with E-state index in [1.54, 1.807) is 0 Å². The predicted molar refractivity (Wildman–Crippen MR) is 28.9 cm³/mol. The van der Waals surface area contributed by atoms with Crippen molar-refractivity contribution >= 4 is 0 Å². The van der Waals surface area contributed by atoms with E-state index in [2.05, 4.69) is 0 Å². The van der Waals surface area contributed by atoms with Gasteiger partial charge in [0.1, 0.15) is 0 Å². The molecule has 0 heterocycles. The number of hydrogen-bond acceptors (Lipinski definition) is 6. The van der Waals surface area contributed by atoms with Crippen LogP contribution in [0.15, 0.2) is 0 Å². The van der Waals surface area contributed by atoms with Crippen LogP contribution in [0.5, 0.6) is 0 Å². The van der Waals surface area contributed by atoms with Gasteiger partial charge < -0.3 is 29.8 Å². The SMILES string of the molecule is N.N.N.N.O=[N+]([O-])O. The lowest BCUT2D eigenvalue weighted by atomic mass is 13.1. The Hall–Kier alpha value is -0.960. The minimum Gasteiger partial charge on any atom is -0.344 e. The van der Waals surface area contributed by atoms with Crippen molar-refractivity contribution in [1.29, 1.82) is 0 Å². The molecule has 0 spiro atoms. The van der Waals surface area contributed by atoms with Crippen LogP contribution in [0.25, 0.3) is 0 Å². The highest BCUT2D eigenvalue weighted by molar-refractivity contribution is 3.83. The van der Waals surface area contributed by atoms with Crippen LogP contribution in [0.2, 0.25) is 0 Å². The lowest BCUT2D eigenvalue weighted by Crippen LogP contribution is -1.81. The molecule has 0 fully saturated rings. The molecule has 13 N–H and O–H groups in total. The Kier molecular flexibility index (Phi) is 284. The van der Waals surface area contributed by atoms with Crippen LogP contribution in [0.3, 0.4) is 0 Å². The molecular formula is H13N5O3. The summed E-state index contributed by atoms with van der Waals surface area (Å²) in [5.74, 6) is 0. The molecule has 0 unspecified atom stereocenters. The summed E-state index contributed by atoms with van der Waals surface area (Å²) >= 11 is 0. The normalized spacial score (nSPS) is 3.00. The second kappa shape index (κ2) is 36.9. The molecule has 0 aliphatic rings. The van der Waals surface area contributed by atoms with Crippen LogP contribution in [0.1, 0.15) is 0 Å². The zero-order valence-corrected chi connectivity index (χ0v) is 4.54. The molecule has 0 radical (unpaired) electrons. The molecule has 56 valence electrons. The maximum atomic E-state index is 8.36. The van der Waals surface area contributed by atoms with E-state index < -0.39 is 5.09 Å². The lowest BCUT2D eigenvalue weighted by molar-refractivity contribution is -0.742. The molecule has 0 aromatic rings. The topological polar surface area (TPSA) is 203 Å². The van der Waals surface area contributed by atoms with Crippen LogP contribution < -0.4 is 24.6 Å². The molecule has 8 heteroatoms. The molecular weight excluding hydrogens is 118 g/mol. The smallest absolute Gasteiger partial charge is 0.291 e. The molecule has 0 saturated carbocycles. The van der Waals surface area contributed by atoms with Crippen molar-refractivity contribution in [1.82, 2.24) is 24.6 Å². The molecule has 0 aliphatic heterocycles. The third-order valence-corrected chi connectivity index (χ3v) is 0. The second-order valence-corrected chi connectivity index (χ2v) is 0.238. The summed E-state index contributed by atoms with van der Waals surface area (Å²) in [6.07, 6.45) is 0. The third-order valence-electron chi connectivity index (χ3n) is 0. The van der Waals surface area contributed by atoms with E-state index in [-0.39, 0.29) is 24.6 Å². The molecule has 8 heavy (non-hydrogen) atoms. The van der Waals surface area contributed by atoms with Gasteiger partial charge in [0, 0.05) is 0 Å². The standard InChI is InChI=1S/HNO3.4H3N/c2-1(3)4;;;;/h(H,2,3,4);4*1H3. The summed E-state index contributed by atoms with van der Waals surface area (Å²) in [6, 6.07) is 0. The van der Waals surface area contributed by atoms with Crippen molar-refractivity contribution in [2.24, 2.45) is 0 Å². The highest BCUT2D eigenvalue weighted by Gasteiger charge is 1.65. The average molecular weight is 131 g/mol. The van der Waals surface area contributed by atoms with Crippen LogP contribution in [0.4, 0.5) is 0 Å². The predicted octanol–water partition coefficient (Wildman–Crippen LogP) is 0.300. The van der Waals surface area contributed by atoms with E-state index in [1.165, 1.54) is 0 Å². The van der Waals surface area contributed by atoms with E-state index in [9.17, 15) is 0 Å². The van der Waals surface area contributed by atoms with Crippen molar-refractivity contribution in [2.45, 2.75) is 0 Å². The van der Waals surface area contributed by atoms with Crippen LogP contribution in [-0.2, 0) is 0 Å². The first-order valence-corrected chi connectivity index (χ1v) is 0.565. The summed E-state index contributed by atoms with van der Waals surface area (Å²) in [5, 5.41) is 13.6. The maximum absolute atomic E-state index is 8.36.